The SMILES string of the molecule is CCOC(=O)C1=NN(c2ccccc2)[C@]2(S1)c1ccccc1C(CC)=NN2c1ccccc1. The lowest BCUT2D eigenvalue weighted by atomic mass is 9.96. The van der Waals surface area contributed by atoms with Gasteiger partial charge in [0.1, 0.15) is 0 Å². The fourth-order valence-corrected chi connectivity index (χ4v) is 5.46. The largest absolute Gasteiger partial charge is 0.461 e. The second-order valence-corrected chi connectivity index (χ2v) is 8.74. The van der Waals surface area contributed by atoms with Gasteiger partial charge in [0.15, 0.2) is 0 Å². The Morgan fingerprint density at radius 2 is 1.42 bits per heavy atom. The third kappa shape index (κ3) is 3.49. The Morgan fingerprint density at radius 1 is 0.848 bits per heavy atom. The number of nitrogens with zero attached hydrogens (tertiary/aromatic N) is 4. The molecule has 2 aliphatic rings. The van der Waals surface area contributed by atoms with Crippen molar-refractivity contribution in [2.24, 2.45) is 10.2 Å². The summed E-state index contributed by atoms with van der Waals surface area (Å²) in [7, 11) is 0. The van der Waals surface area contributed by atoms with Gasteiger partial charge >= 0.3 is 5.97 Å². The van der Waals surface area contributed by atoms with Crippen LogP contribution in [0.25, 0.3) is 0 Å². The summed E-state index contributed by atoms with van der Waals surface area (Å²) in [6, 6.07) is 28.1. The molecule has 5 rings (SSSR count). The maximum Gasteiger partial charge on any atom is 0.365 e. The molecule has 0 aromatic heterocycles. The van der Waals surface area contributed by atoms with Gasteiger partial charge in [0.05, 0.1) is 23.7 Å². The molecule has 2 aliphatic heterocycles. The summed E-state index contributed by atoms with van der Waals surface area (Å²) in [5.74, 6) is -0.434. The van der Waals surface area contributed by atoms with E-state index in [0.717, 1.165) is 34.6 Å². The lowest BCUT2D eigenvalue weighted by molar-refractivity contribution is -0.134. The van der Waals surface area contributed by atoms with Crippen LogP contribution in [0.15, 0.2) is 95.1 Å². The van der Waals surface area contributed by atoms with Crippen LogP contribution in [-0.2, 0) is 14.5 Å². The van der Waals surface area contributed by atoms with Gasteiger partial charge in [0, 0.05) is 11.1 Å². The number of ether oxygens (including phenoxy) is 1. The lowest BCUT2D eigenvalue weighted by Gasteiger charge is -2.47. The Bertz CT molecular complexity index is 1230. The van der Waals surface area contributed by atoms with Crippen LogP contribution in [0.3, 0.4) is 0 Å². The van der Waals surface area contributed by atoms with Crippen molar-refractivity contribution >= 4 is 39.9 Å². The maximum absolute atomic E-state index is 12.9. The number of benzene rings is 3. The Labute approximate surface area is 197 Å². The summed E-state index contributed by atoms with van der Waals surface area (Å²) < 4.78 is 5.34. The van der Waals surface area contributed by atoms with E-state index >= 15 is 0 Å². The molecule has 0 saturated carbocycles. The second kappa shape index (κ2) is 8.75. The van der Waals surface area contributed by atoms with Gasteiger partial charge in [-0.15, -0.1) is 0 Å². The second-order valence-electron chi connectivity index (χ2n) is 7.58. The average molecular weight is 457 g/mol. The summed E-state index contributed by atoms with van der Waals surface area (Å²) in [6.07, 6.45) is 0.776. The van der Waals surface area contributed by atoms with E-state index < -0.39 is 11.0 Å². The van der Waals surface area contributed by atoms with Gasteiger partial charge in [-0.25, -0.2) is 14.8 Å². The number of thioether (sulfide) groups is 1. The average Bonchev–Trinajstić information content (AvgIpc) is 3.27. The van der Waals surface area contributed by atoms with Crippen molar-refractivity contribution in [3.05, 3.63) is 96.1 Å². The fourth-order valence-electron chi connectivity index (χ4n) is 4.17. The molecule has 0 saturated heterocycles. The predicted molar refractivity (Wildman–Crippen MR) is 134 cm³/mol. The molecule has 1 atom stereocenters. The number of hydrogen-bond acceptors (Lipinski definition) is 7. The van der Waals surface area contributed by atoms with Crippen LogP contribution < -0.4 is 10.0 Å². The molecule has 33 heavy (non-hydrogen) atoms. The number of rotatable bonds is 5. The Hall–Kier alpha value is -3.58. The van der Waals surface area contributed by atoms with Crippen molar-refractivity contribution in [2.75, 3.05) is 16.6 Å². The standard InChI is InChI=1S/C26H24N4O2S/c1-3-23-21-17-11-12-18-22(21)26(29(27-23)19-13-7-5-8-14-19)30(20-15-9-6-10-16-20)28-24(33-26)25(31)32-4-2/h5-18H,3-4H2,1-2H3/t26-/m0/s1. The molecule has 0 N–H and O–H groups in total. The van der Waals surface area contributed by atoms with E-state index in [1.807, 2.05) is 82.8 Å². The number of carbonyl (C=O) groups excluding carboxylic acids is 1. The van der Waals surface area contributed by atoms with Crippen LogP contribution >= 0.6 is 11.8 Å². The van der Waals surface area contributed by atoms with Gasteiger partial charge in [0.25, 0.3) is 0 Å². The van der Waals surface area contributed by atoms with Gasteiger partial charge in [-0.3, -0.25) is 0 Å². The molecule has 3 aromatic rings. The summed E-state index contributed by atoms with van der Waals surface area (Å²) in [5.41, 5.74) is 4.83. The van der Waals surface area contributed by atoms with E-state index in [1.54, 1.807) is 6.92 Å². The monoisotopic (exact) mass is 456 g/mol. The third-order valence-electron chi connectivity index (χ3n) is 5.60. The van der Waals surface area contributed by atoms with Crippen molar-refractivity contribution in [2.45, 2.75) is 25.3 Å². The number of para-hydroxylation sites is 2. The van der Waals surface area contributed by atoms with Crippen molar-refractivity contribution in [3.63, 3.8) is 0 Å². The zero-order chi connectivity index (χ0) is 22.8. The third-order valence-corrected chi connectivity index (χ3v) is 6.89. The molecule has 2 heterocycles. The molecule has 0 unspecified atom stereocenters. The van der Waals surface area contributed by atoms with Crippen molar-refractivity contribution in [3.8, 4) is 0 Å². The Kier molecular flexibility index (Phi) is 5.64. The lowest BCUT2D eigenvalue weighted by Crippen LogP contribution is -2.53. The van der Waals surface area contributed by atoms with Crippen LogP contribution in [0.4, 0.5) is 11.4 Å². The smallest absolute Gasteiger partial charge is 0.365 e. The van der Waals surface area contributed by atoms with Crippen molar-refractivity contribution in [1.82, 2.24) is 0 Å². The quantitative estimate of drug-likeness (QED) is 0.471. The van der Waals surface area contributed by atoms with E-state index in [9.17, 15) is 4.79 Å². The highest BCUT2D eigenvalue weighted by Gasteiger charge is 2.56. The van der Waals surface area contributed by atoms with E-state index in [4.69, 9.17) is 14.9 Å². The van der Waals surface area contributed by atoms with Gasteiger partial charge < -0.3 is 4.74 Å². The highest BCUT2D eigenvalue weighted by atomic mass is 32.2. The summed E-state index contributed by atoms with van der Waals surface area (Å²) in [6.45, 7) is 4.19. The van der Waals surface area contributed by atoms with Crippen LogP contribution in [0, 0.1) is 0 Å². The van der Waals surface area contributed by atoms with Gasteiger partial charge in [-0.2, -0.15) is 10.2 Å². The summed E-state index contributed by atoms with van der Waals surface area (Å²) >= 11 is 1.36. The molecular formula is C26H24N4O2S. The highest BCUT2D eigenvalue weighted by molar-refractivity contribution is 8.16. The number of carbonyl (C=O) groups is 1. The van der Waals surface area contributed by atoms with E-state index in [1.165, 1.54) is 11.8 Å². The van der Waals surface area contributed by atoms with Gasteiger partial charge in [-0.1, -0.05) is 67.6 Å². The zero-order valence-corrected chi connectivity index (χ0v) is 19.3. The molecule has 0 aliphatic carbocycles. The predicted octanol–water partition coefficient (Wildman–Crippen LogP) is 5.56. The normalized spacial score (nSPS) is 19.2. The molecule has 3 aromatic carbocycles. The highest BCUT2D eigenvalue weighted by Crippen LogP contribution is 2.54. The molecule has 166 valence electrons. The number of hydrogen-bond donors (Lipinski definition) is 0. The van der Waals surface area contributed by atoms with E-state index in [-0.39, 0.29) is 6.61 Å². The molecule has 1 spiro atoms. The van der Waals surface area contributed by atoms with Crippen LogP contribution in [0.2, 0.25) is 0 Å². The Balaban J connectivity index is 1.79. The Morgan fingerprint density at radius 3 is 2.03 bits per heavy atom. The molecule has 7 heteroatoms. The topological polar surface area (TPSA) is 57.5 Å². The number of hydrazone groups is 2. The van der Waals surface area contributed by atoms with E-state index in [2.05, 4.69) is 19.1 Å². The van der Waals surface area contributed by atoms with Gasteiger partial charge in [0.2, 0.25) is 10.0 Å². The molecular weight excluding hydrogens is 432 g/mol. The van der Waals surface area contributed by atoms with Crippen molar-refractivity contribution < 1.29 is 9.53 Å². The molecule has 6 nitrogen and oxygen atoms in total. The first-order valence-electron chi connectivity index (χ1n) is 11.0. The first-order chi connectivity index (χ1) is 16.2. The van der Waals surface area contributed by atoms with Crippen LogP contribution in [-0.4, -0.2) is 23.3 Å². The first kappa shape index (κ1) is 21.3. The van der Waals surface area contributed by atoms with Crippen LogP contribution in [0.5, 0.6) is 0 Å². The number of esters is 1. The maximum atomic E-state index is 12.9. The first-order valence-corrected chi connectivity index (χ1v) is 11.8. The minimum absolute atomic E-state index is 0.286. The van der Waals surface area contributed by atoms with E-state index in [0.29, 0.717) is 5.04 Å². The minimum Gasteiger partial charge on any atom is -0.461 e. The minimum atomic E-state index is -0.930. The number of fused-ring (bicyclic) bond motifs is 2. The van der Waals surface area contributed by atoms with Crippen molar-refractivity contribution in [1.29, 1.82) is 0 Å². The van der Waals surface area contributed by atoms with Crippen LogP contribution in [0.1, 0.15) is 31.4 Å². The van der Waals surface area contributed by atoms with Gasteiger partial charge in [-0.05, 0) is 49.4 Å². The molecule has 0 fully saturated rings. The number of anilines is 2. The zero-order valence-electron chi connectivity index (χ0n) is 18.5. The summed E-state index contributed by atoms with van der Waals surface area (Å²) in [4.78, 5) is 11.9. The fraction of sp³-hybridized carbons (Fsp3) is 0.192. The summed E-state index contributed by atoms with van der Waals surface area (Å²) in [5, 5.41) is 14.1. The molecule has 0 bridgehead atoms. The molecule has 0 radical (unpaired) electrons. The molecule has 0 amide bonds.